The molecule has 1 heterocycles. The zero-order valence-electron chi connectivity index (χ0n) is 18.0. The van der Waals surface area contributed by atoms with Gasteiger partial charge in [0.15, 0.2) is 11.5 Å². The van der Waals surface area contributed by atoms with E-state index in [9.17, 15) is 13.2 Å². The number of ether oxygens (including phenoxy) is 2. The molecule has 0 saturated carbocycles. The first-order valence-corrected chi connectivity index (χ1v) is 12.4. The first kappa shape index (κ1) is 21.3. The van der Waals surface area contributed by atoms with Crippen LogP contribution in [0.25, 0.3) is 0 Å². The number of carbonyl (C=O) groups is 1. The summed E-state index contributed by atoms with van der Waals surface area (Å²) in [5.74, 6) is 0.822. The number of hydrogen-bond donors (Lipinski definition) is 2. The fourth-order valence-corrected chi connectivity index (χ4v) is 5.23. The number of fused-ring (bicyclic) bond motifs is 2. The van der Waals surface area contributed by atoms with Crippen LogP contribution in [0.5, 0.6) is 11.5 Å². The number of aryl methyl sites for hydroxylation is 2. The molecule has 0 radical (unpaired) electrons. The van der Waals surface area contributed by atoms with Crippen molar-refractivity contribution in [2.45, 2.75) is 30.6 Å². The van der Waals surface area contributed by atoms with E-state index in [1.807, 2.05) is 6.07 Å². The van der Waals surface area contributed by atoms with E-state index < -0.39 is 10.0 Å². The Bertz CT molecular complexity index is 1300. The lowest BCUT2D eigenvalue weighted by atomic mass is 10.0. The van der Waals surface area contributed by atoms with Crippen molar-refractivity contribution >= 4 is 27.3 Å². The Hall–Kier alpha value is -3.52. The number of amides is 1. The van der Waals surface area contributed by atoms with E-state index in [0.29, 0.717) is 42.5 Å². The summed E-state index contributed by atoms with van der Waals surface area (Å²) in [5, 5.41) is 2.87. The maximum Gasteiger partial charge on any atom is 0.262 e. The third-order valence-corrected chi connectivity index (χ3v) is 7.15. The summed E-state index contributed by atoms with van der Waals surface area (Å²) in [4.78, 5) is 12.5. The summed E-state index contributed by atoms with van der Waals surface area (Å²) in [5.41, 5.74) is 4.71. The van der Waals surface area contributed by atoms with Gasteiger partial charge in [-0.15, -0.1) is 0 Å². The van der Waals surface area contributed by atoms with E-state index in [2.05, 4.69) is 22.2 Å². The monoisotopic (exact) mass is 464 g/mol. The Labute approximate surface area is 192 Å². The minimum absolute atomic E-state index is 0.0819. The zero-order chi connectivity index (χ0) is 22.8. The number of anilines is 2. The second kappa shape index (κ2) is 8.78. The van der Waals surface area contributed by atoms with Crippen molar-refractivity contribution in [2.75, 3.05) is 23.3 Å². The Kier molecular flexibility index (Phi) is 5.68. The highest BCUT2D eigenvalue weighted by Gasteiger charge is 2.19. The van der Waals surface area contributed by atoms with Gasteiger partial charge in [-0.1, -0.05) is 18.2 Å². The van der Waals surface area contributed by atoms with Crippen molar-refractivity contribution in [3.63, 3.8) is 0 Å². The molecule has 2 N–H and O–H groups in total. The first-order chi connectivity index (χ1) is 16.0. The summed E-state index contributed by atoms with van der Waals surface area (Å²) in [6, 6.07) is 17.3. The van der Waals surface area contributed by atoms with Gasteiger partial charge in [0, 0.05) is 17.4 Å². The Balaban J connectivity index is 1.21. The van der Waals surface area contributed by atoms with Crippen molar-refractivity contribution < 1.29 is 22.7 Å². The van der Waals surface area contributed by atoms with Crippen LogP contribution >= 0.6 is 0 Å². The number of carbonyl (C=O) groups excluding carboxylic acids is 1. The third-order valence-electron chi connectivity index (χ3n) is 5.77. The van der Waals surface area contributed by atoms with Crippen LogP contribution in [0, 0.1) is 0 Å². The predicted octanol–water partition coefficient (Wildman–Crippen LogP) is 3.93. The van der Waals surface area contributed by atoms with Crippen molar-refractivity contribution in [2.24, 2.45) is 0 Å². The average molecular weight is 465 g/mol. The molecule has 2 aliphatic rings. The van der Waals surface area contributed by atoms with Crippen molar-refractivity contribution in [1.82, 2.24) is 0 Å². The lowest BCUT2D eigenvalue weighted by molar-refractivity contribution is -0.115. The van der Waals surface area contributed by atoms with Gasteiger partial charge < -0.3 is 14.8 Å². The molecular weight excluding hydrogens is 440 g/mol. The van der Waals surface area contributed by atoms with Gasteiger partial charge >= 0.3 is 0 Å². The number of benzene rings is 3. The molecule has 0 unspecified atom stereocenters. The van der Waals surface area contributed by atoms with Crippen LogP contribution in [-0.4, -0.2) is 27.5 Å². The number of hydrogen-bond acceptors (Lipinski definition) is 5. The Morgan fingerprint density at radius 1 is 0.818 bits per heavy atom. The number of sulfonamides is 1. The fourth-order valence-electron chi connectivity index (χ4n) is 4.15. The van der Waals surface area contributed by atoms with E-state index in [4.69, 9.17) is 9.47 Å². The molecule has 0 fully saturated rings. The second-order valence-electron chi connectivity index (χ2n) is 8.17. The van der Waals surface area contributed by atoms with Gasteiger partial charge in [-0.3, -0.25) is 9.52 Å². The summed E-state index contributed by atoms with van der Waals surface area (Å²) >= 11 is 0. The summed E-state index contributed by atoms with van der Waals surface area (Å²) in [6.07, 6.45) is 3.67. The molecule has 0 saturated heterocycles. The Morgan fingerprint density at radius 2 is 1.55 bits per heavy atom. The fraction of sp³-hybridized carbons (Fsp3) is 0.240. The molecule has 1 aliphatic carbocycles. The highest BCUT2D eigenvalue weighted by atomic mass is 32.2. The van der Waals surface area contributed by atoms with E-state index in [-0.39, 0.29) is 10.8 Å². The Morgan fingerprint density at radius 3 is 2.36 bits per heavy atom. The molecule has 1 aliphatic heterocycles. The molecule has 5 rings (SSSR count). The highest BCUT2D eigenvalue weighted by Crippen LogP contribution is 2.33. The zero-order valence-corrected chi connectivity index (χ0v) is 18.8. The first-order valence-electron chi connectivity index (χ1n) is 10.9. The smallest absolute Gasteiger partial charge is 0.262 e. The summed E-state index contributed by atoms with van der Waals surface area (Å²) in [6.45, 7) is 0.817. The van der Waals surface area contributed by atoms with E-state index in [1.165, 1.54) is 29.7 Å². The van der Waals surface area contributed by atoms with Gasteiger partial charge in [0.05, 0.1) is 11.3 Å². The number of rotatable bonds is 6. The van der Waals surface area contributed by atoms with Gasteiger partial charge in [0.25, 0.3) is 10.0 Å². The maximum atomic E-state index is 12.8. The minimum atomic E-state index is -3.80. The van der Waals surface area contributed by atoms with Crippen LogP contribution in [0.3, 0.4) is 0 Å². The topological polar surface area (TPSA) is 93.7 Å². The van der Waals surface area contributed by atoms with Crippen LogP contribution in [0.4, 0.5) is 11.4 Å². The van der Waals surface area contributed by atoms with Gasteiger partial charge in [-0.2, -0.15) is 0 Å². The molecule has 0 spiro atoms. The quantitative estimate of drug-likeness (QED) is 0.577. The standard InChI is InChI=1S/C25H24N2O5S/c28-25(15-17-4-5-18-2-1-3-19(18)14-17)26-20-6-8-21(9-7-20)27-33(29,30)22-10-11-23-24(16-22)32-13-12-31-23/h4-11,14,16,27H,1-3,12-13,15H2,(H,26,28). The molecule has 0 aromatic heterocycles. The minimum Gasteiger partial charge on any atom is -0.486 e. The lowest BCUT2D eigenvalue weighted by Crippen LogP contribution is -2.17. The van der Waals surface area contributed by atoms with Gasteiger partial charge in [-0.05, 0) is 72.4 Å². The second-order valence-corrected chi connectivity index (χ2v) is 9.85. The lowest BCUT2D eigenvalue weighted by Gasteiger charge is -2.19. The average Bonchev–Trinajstić information content (AvgIpc) is 3.28. The van der Waals surface area contributed by atoms with Gasteiger partial charge in [0.1, 0.15) is 13.2 Å². The highest BCUT2D eigenvalue weighted by molar-refractivity contribution is 7.92. The molecule has 3 aromatic carbocycles. The van der Waals surface area contributed by atoms with Gasteiger partial charge in [0.2, 0.25) is 5.91 Å². The van der Waals surface area contributed by atoms with Gasteiger partial charge in [-0.25, -0.2) is 8.42 Å². The molecule has 0 bridgehead atoms. The normalized spacial score (nSPS) is 14.4. The molecule has 170 valence electrons. The van der Waals surface area contributed by atoms with Crippen LogP contribution in [0.15, 0.2) is 65.6 Å². The molecule has 33 heavy (non-hydrogen) atoms. The molecular formula is C25H24N2O5S. The molecule has 8 heteroatoms. The summed E-state index contributed by atoms with van der Waals surface area (Å²) in [7, 11) is -3.80. The molecule has 3 aromatic rings. The largest absolute Gasteiger partial charge is 0.486 e. The summed E-state index contributed by atoms with van der Waals surface area (Å²) < 4.78 is 39.0. The van der Waals surface area contributed by atoms with E-state index >= 15 is 0 Å². The SMILES string of the molecule is O=C(Cc1ccc2c(c1)CCC2)Nc1ccc(NS(=O)(=O)c2ccc3c(c2)OCCO3)cc1. The van der Waals surface area contributed by atoms with E-state index in [0.717, 1.165) is 18.4 Å². The number of nitrogens with one attached hydrogen (secondary N) is 2. The van der Waals surface area contributed by atoms with Crippen LogP contribution in [-0.2, 0) is 34.1 Å². The van der Waals surface area contributed by atoms with Crippen LogP contribution in [0.1, 0.15) is 23.1 Å². The van der Waals surface area contributed by atoms with E-state index in [1.54, 1.807) is 30.3 Å². The third kappa shape index (κ3) is 4.80. The van der Waals surface area contributed by atoms with Crippen molar-refractivity contribution in [3.05, 3.63) is 77.4 Å². The van der Waals surface area contributed by atoms with Crippen molar-refractivity contribution in [1.29, 1.82) is 0 Å². The maximum absolute atomic E-state index is 12.8. The molecule has 0 atom stereocenters. The molecule has 1 amide bonds. The van der Waals surface area contributed by atoms with Crippen molar-refractivity contribution in [3.8, 4) is 11.5 Å². The predicted molar refractivity (Wildman–Crippen MR) is 125 cm³/mol. The van der Waals surface area contributed by atoms with Crippen LogP contribution < -0.4 is 19.5 Å². The molecule has 7 nitrogen and oxygen atoms in total. The van der Waals surface area contributed by atoms with Crippen LogP contribution in [0.2, 0.25) is 0 Å².